The van der Waals surface area contributed by atoms with Gasteiger partial charge in [-0.1, -0.05) is 12.8 Å². The van der Waals surface area contributed by atoms with Crippen molar-refractivity contribution >= 4 is 12.0 Å². The van der Waals surface area contributed by atoms with E-state index in [0.717, 1.165) is 25.7 Å². The van der Waals surface area contributed by atoms with Gasteiger partial charge in [0.15, 0.2) is 0 Å². The molecule has 6 heteroatoms. The van der Waals surface area contributed by atoms with Crippen molar-refractivity contribution in [2.45, 2.75) is 44.7 Å². The van der Waals surface area contributed by atoms with Crippen LogP contribution in [0.1, 0.15) is 32.6 Å². The molecule has 0 heterocycles. The second-order valence-electron chi connectivity index (χ2n) is 4.76. The van der Waals surface area contributed by atoms with Crippen LogP contribution in [-0.4, -0.2) is 64.3 Å². The highest BCUT2D eigenvalue weighted by Gasteiger charge is 2.31. The number of amides is 2. The van der Waals surface area contributed by atoms with Crippen LogP contribution in [0.5, 0.6) is 0 Å². The van der Waals surface area contributed by atoms with Crippen LogP contribution in [0.15, 0.2) is 0 Å². The number of rotatable bonds is 5. The van der Waals surface area contributed by atoms with Crippen LogP contribution in [0.2, 0.25) is 0 Å². The molecule has 0 saturated heterocycles. The Labute approximate surface area is 107 Å². The first-order chi connectivity index (χ1) is 8.49. The number of carbonyl (C=O) groups excluding carboxylic acids is 1. The fraction of sp³-hybridized carbons (Fsp3) is 0.833. The maximum atomic E-state index is 12.2. The van der Waals surface area contributed by atoms with Crippen LogP contribution in [0.25, 0.3) is 0 Å². The third kappa shape index (κ3) is 3.35. The average molecular weight is 258 g/mol. The molecule has 1 fully saturated rings. The maximum absolute atomic E-state index is 12.2. The SMILES string of the molecule is CC(C(=O)O)N(C)C(=O)N(CCO)C1CCCC1. The summed E-state index contributed by atoms with van der Waals surface area (Å²) in [5.41, 5.74) is 0. The topological polar surface area (TPSA) is 81.1 Å². The summed E-state index contributed by atoms with van der Waals surface area (Å²) in [5, 5.41) is 18.0. The Balaban J connectivity index is 2.72. The normalized spacial score (nSPS) is 17.5. The minimum atomic E-state index is -1.03. The van der Waals surface area contributed by atoms with Gasteiger partial charge in [-0.2, -0.15) is 0 Å². The average Bonchev–Trinajstić information content (AvgIpc) is 2.86. The first-order valence-corrected chi connectivity index (χ1v) is 6.36. The van der Waals surface area contributed by atoms with Crippen LogP contribution in [0, 0.1) is 0 Å². The fourth-order valence-electron chi connectivity index (χ4n) is 2.29. The third-order valence-corrected chi connectivity index (χ3v) is 3.59. The van der Waals surface area contributed by atoms with E-state index >= 15 is 0 Å². The second kappa shape index (κ2) is 6.58. The van der Waals surface area contributed by atoms with Crippen LogP contribution in [0.4, 0.5) is 4.79 Å². The van der Waals surface area contributed by atoms with Gasteiger partial charge in [0, 0.05) is 19.6 Å². The van der Waals surface area contributed by atoms with E-state index in [0.29, 0.717) is 0 Å². The first-order valence-electron chi connectivity index (χ1n) is 6.36. The van der Waals surface area contributed by atoms with Gasteiger partial charge in [-0.25, -0.2) is 9.59 Å². The fourth-order valence-corrected chi connectivity index (χ4v) is 2.29. The summed E-state index contributed by atoms with van der Waals surface area (Å²) in [5.74, 6) is -1.03. The standard InChI is InChI=1S/C12H22N2O4/c1-9(11(16)17)13(2)12(18)14(7-8-15)10-5-3-4-6-10/h9-10,15H,3-8H2,1-2H3,(H,16,17). The smallest absolute Gasteiger partial charge is 0.326 e. The zero-order valence-electron chi connectivity index (χ0n) is 11.0. The van der Waals surface area contributed by atoms with Gasteiger partial charge in [-0.05, 0) is 19.8 Å². The first kappa shape index (κ1) is 14.8. The molecule has 1 rings (SSSR count). The van der Waals surface area contributed by atoms with E-state index in [1.165, 1.54) is 18.9 Å². The number of carboxylic acid groups (broad SMARTS) is 1. The summed E-state index contributed by atoms with van der Waals surface area (Å²) in [4.78, 5) is 26.0. The Bertz CT molecular complexity index is 302. The van der Waals surface area contributed by atoms with Crippen LogP contribution >= 0.6 is 0 Å². The minimum absolute atomic E-state index is 0.0997. The molecule has 2 amide bonds. The number of nitrogens with zero attached hydrogens (tertiary/aromatic N) is 2. The number of aliphatic carboxylic acids is 1. The van der Waals surface area contributed by atoms with Crippen molar-refractivity contribution in [3.8, 4) is 0 Å². The van der Waals surface area contributed by atoms with Crippen molar-refractivity contribution in [1.29, 1.82) is 0 Å². The lowest BCUT2D eigenvalue weighted by Gasteiger charge is -2.33. The zero-order chi connectivity index (χ0) is 13.7. The van der Waals surface area contributed by atoms with Crippen molar-refractivity contribution < 1.29 is 19.8 Å². The number of likely N-dealkylation sites (N-methyl/N-ethyl adjacent to an activating group) is 1. The molecule has 2 N–H and O–H groups in total. The van der Waals surface area contributed by atoms with Gasteiger partial charge in [-0.3, -0.25) is 0 Å². The highest BCUT2D eigenvalue weighted by atomic mass is 16.4. The molecule has 104 valence electrons. The Hall–Kier alpha value is -1.30. The molecule has 6 nitrogen and oxygen atoms in total. The van der Waals surface area contributed by atoms with E-state index in [4.69, 9.17) is 10.2 Å². The molecule has 18 heavy (non-hydrogen) atoms. The molecule has 1 saturated carbocycles. The summed E-state index contributed by atoms with van der Waals surface area (Å²) in [7, 11) is 1.49. The van der Waals surface area contributed by atoms with Gasteiger partial charge in [0.05, 0.1) is 6.61 Å². The molecular weight excluding hydrogens is 236 g/mol. The van der Waals surface area contributed by atoms with E-state index in [1.54, 1.807) is 4.90 Å². The molecule has 0 radical (unpaired) electrons. The number of hydrogen-bond acceptors (Lipinski definition) is 3. The Morgan fingerprint density at radius 2 is 1.89 bits per heavy atom. The van der Waals surface area contributed by atoms with E-state index in [1.807, 2.05) is 0 Å². The lowest BCUT2D eigenvalue weighted by atomic mass is 10.2. The quantitative estimate of drug-likeness (QED) is 0.762. The van der Waals surface area contributed by atoms with Crippen molar-refractivity contribution in [2.75, 3.05) is 20.2 Å². The largest absolute Gasteiger partial charge is 0.480 e. The van der Waals surface area contributed by atoms with Gasteiger partial charge in [0.25, 0.3) is 0 Å². The van der Waals surface area contributed by atoms with Gasteiger partial charge < -0.3 is 20.0 Å². The molecule has 0 bridgehead atoms. The summed E-state index contributed by atoms with van der Waals surface area (Å²) in [6.45, 7) is 1.64. The predicted molar refractivity (Wildman–Crippen MR) is 66.3 cm³/mol. The Morgan fingerprint density at radius 1 is 1.33 bits per heavy atom. The van der Waals surface area contributed by atoms with Crippen LogP contribution in [0.3, 0.4) is 0 Å². The molecule has 0 aromatic heterocycles. The Morgan fingerprint density at radius 3 is 2.33 bits per heavy atom. The monoisotopic (exact) mass is 258 g/mol. The molecule has 0 spiro atoms. The van der Waals surface area contributed by atoms with Gasteiger partial charge >= 0.3 is 12.0 Å². The van der Waals surface area contributed by atoms with Gasteiger partial charge in [-0.15, -0.1) is 0 Å². The van der Waals surface area contributed by atoms with E-state index < -0.39 is 12.0 Å². The van der Waals surface area contributed by atoms with Crippen LogP contribution in [-0.2, 0) is 4.79 Å². The number of hydrogen-bond donors (Lipinski definition) is 2. The number of carbonyl (C=O) groups is 2. The molecule has 1 atom stereocenters. The van der Waals surface area contributed by atoms with Crippen molar-refractivity contribution in [3.63, 3.8) is 0 Å². The molecular formula is C12H22N2O4. The van der Waals surface area contributed by atoms with E-state index in [-0.39, 0.29) is 25.2 Å². The maximum Gasteiger partial charge on any atom is 0.326 e. The molecule has 0 aliphatic heterocycles. The summed E-state index contributed by atoms with van der Waals surface area (Å²) in [6.07, 6.45) is 4.03. The minimum Gasteiger partial charge on any atom is -0.480 e. The number of aliphatic hydroxyl groups excluding tert-OH is 1. The summed E-state index contributed by atoms with van der Waals surface area (Å²) >= 11 is 0. The molecule has 1 unspecified atom stereocenters. The lowest BCUT2D eigenvalue weighted by Crippen LogP contribution is -2.51. The molecule has 0 aromatic rings. The predicted octanol–water partition coefficient (Wildman–Crippen LogP) is 0.748. The highest BCUT2D eigenvalue weighted by Crippen LogP contribution is 2.24. The molecule has 0 aromatic carbocycles. The van der Waals surface area contributed by atoms with Crippen molar-refractivity contribution in [2.24, 2.45) is 0 Å². The number of carboxylic acids is 1. The van der Waals surface area contributed by atoms with Gasteiger partial charge in [0.2, 0.25) is 0 Å². The highest BCUT2D eigenvalue weighted by molar-refractivity contribution is 5.82. The zero-order valence-corrected chi connectivity index (χ0v) is 11.0. The third-order valence-electron chi connectivity index (χ3n) is 3.59. The number of urea groups is 1. The van der Waals surface area contributed by atoms with E-state index in [2.05, 4.69) is 0 Å². The molecule has 1 aliphatic carbocycles. The van der Waals surface area contributed by atoms with Crippen LogP contribution < -0.4 is 0 Å². The molecule has 1 aliphatic rings. The van der Waals surface area contributed by atoms with Crippen molar-refractivity contribution in [3.05, 3.63) is 0 Å². The Kier molecular flexibility index (Phi) is 5.40. The van der Waals surface area contributed by atoms with E-state index in [9.17, 15) is 9.59 Å². The lowest BCUT2D eigenvalue weighted by molar-refractivity contribution is -0.141. The van der Waals surface area contributed by atoms with Gasteiger partial charge in [0.1, 0.15) is 6.04 Å². The summed E-state index contributed by atoms with van der Waals surface area (Å²) < 4.78 is 0. The number of aliphatic hydroxyl groups is 1. The summed E-state index contributed by atoms with van der Waals surface area (Å²) in [6, 6.07) is -1.04. The van der Waals surface area contributed by atoms with Crippen molar-refractivity contribution in [1.82, 2.24) is 9.80 Å². The second-order valence-corrected chi connectivity index (χ2v) is 4.76.